The van der Waals surface area contributed by atoms with Gasteiger partial charge in [-0.15, -0.1) is 0 Å². The van der Waals surface area contributed by atoms with Gasteiger partial charge in [-0.1, -0.05) is 88.1 Å². The lowest BCUT2D eigenvalue weighted by Gasteiger charge is -2.48. The Labute approximate surface area is 178 Å². The molecule has 2 heteroatoms. The summed E-state index contributed by atoms with van der Waals surface area (Å²) in [4.78, 5) is 11.5. The predicted molar refractivity (Wildman–Crippen MR) is 121 cm³/mol. The highest BCUT2D eigenvalue weighted by Crippen LogP contribution is 2.52. The molecule has 0 bridgehead atoms. The number of carboxylic acid groups (broad SMARTS) is 1. The molecule has 0 aromatic heterocycles. The van der Waals surface area contributed by atoms with Crippen LogP contribution in [0.15, 0.2) is 24.3 Å². The van der Waals surface area contributed by atoms with Crippen LogP contribution in [0.1, 0.15) is 108 Å². The number of carbonyl (C=O) groups is 1. The summed E-state index contributed by atoms with van der Waals surface area (Å²) in [6.07, 6.45) is 17.6. The van der Waals surface area contributed by atoms with E-state index in [0.29, 0.717) is 0 Å². The van der Waals surface area contributed by atoms with Gasteiger partial charge in [-0.2, -0.15) is 0 Å². The molecule has 29 heavy (non-hydrogen) atoms. The Balaban J connectivity index is 1.62. The zero-order valence-corrected chi connectivity index (χ0v) is 18.8. The van der Waals surface area contributed by atoms with Crippen LogP contribution in [0.3, 0.4) is 0 Å². The van der Waals surface area contributed by atoms with Crippen molar-refractivity contribution in [3.8, 4) is 0 Å². The molecule has 0 atom stereocenters. The molecule has 0 aliphatic heterocycles. The van der Waals surface area contributed by atoms with Crippen molar-refractivity contribution >= 4 is 5.97 Å². The monoisotopic (exact) mass is 398 g/mol. The lowest BCUT2D eigenvalue weighted by Crippen LogP contribution is -2.42. The number of unbranched alkanes of at least 4 members (excludes halogenated alkanes) is 4. The van der Waals surface area contributed by atoms with Gasteiger partial charge in [0.2, 0.25) is 0 Å². The molecule has 0 amide bonds. The van der Waals surface area contributed by atoms with Crippen LogP contribution >= 0.6 is 0 Å². The molecule has 0 radical (unpaired) electrons. The molecule has 2 aliphatic carbocycles. The summed E-state index contributed by atoms with van der Waals surface area (Å²) in [5.41, 5.74) is 3.01. The average Bonchev–Trinajstić information content (AvgIpc) is 2.74. The van der Waals surface area contributed by atoms with E-state index in [-0.39, 0.29) is 11.3 Å². The number of aliphatic carboxylic acids is 1. The van der Waals surface area contributed by atoms with Gasteiger partial charge in [0.15, 0.2) is 0 Å². The number of aryl methyl sites for hydroxylation is 1. The topological polar surface area (TPSA) is 37.3 Å². The van der Waals surface area contributed by atoms with Crippen molar-refractivity contribution < 1.29 is 9.90 Å². The number of hydrogen-bond acceptors (Lipinski definition) is 1. The highest BCUT2D eigenvalue weighted by atomic mass is 16.4. The van der Waals surface area contributed by atoms with Crippen LogP contribution in [-0.2, 0) is 10.2 Å². The summed E-state index contributed by atoms with van der Waals surface area (Å²) >= 11 is 0. The fourth-order valence-corrected chi connectivity index (χ4v) is 6.24. The molecule has 3 rings (SSSR count). The van der Waals surface area contributed by atoms with E-state index in [1.807, 2.05) is 0 Å². The molecule has 2 aliphatic rings. The minimum atomic E-state index is -0.589. The van der Waals surface area contributed by atoms with Crippen LogP contribution in [0.5, 0.6) is 0 Å². The number of carboxylic acids is 1. The van der Waals surface area contributed by atoms with Crippen molar-refractivity contribution in [2.45, 2.75) is 109 Å². The molecular weight excluding hydrogens is 356 g/mol. The highest BCUT2D eigenvalue weighted by Gasteiger charge is 2.45. The minimum Gasteiger partial charge on any atom is -0.481 e. The second kappa shape index (κ2) is 10.6. The fraction of sp³-hybridized carbons (Fsp3) is 0.741. The Morgan fingerprint density at radius 3 is 2.14 bits per heavy atom. The molecule has 2 fully saturated rings. The second-order valence-electron chi connectivity index (χ2n) is 10.1. The summed E-state index contributed by atoms with van der Waals surface area (Å²) in [5, 5.41) is 9.50. The van der Waals surface area contributed by atoms with E-state index >= 15 is 0 Å². The molecule has 0 heterocycles. The number of rotatable bonds is 9. The lowest BCUT2D eigenvalue weighted by molar-refractivity contribution is -0.143. The normalized spacial score (nSPS) is 30.2. The van der Waals surface area contributed by atoms with E-state index in [1.165, 1.54) is 75.3 Å². The van der Waals surface area contributed by atoms with Crippen LogP contribution < -0.4 is 0 Å². The number of hydrogen-bond donors (Lipinski definition) is 1. The molecule has 1 N–H and O–H groups in total. The van der Waals surface area contributed by atoms with Crippen LogP contribution in [0.25, 0.3) is 0 Å². The van der Waals surface area contributed by atoms with Gasteiger partial charge in [-0.3, -0.25) is 4.79 Å². The fourth-order valence-electron chi connectivity index (χ4n) is 6.24. The predicted octanol–water partition coefficient (Wildman–Crippen LogP) is 7.67. The second-order valence-corrected chi connectivity index (χ2v) is 10.1. The molecule has 2 nitrogen and oxygen atoms in total. The maximum Gasteiger partial charge on any atom is 0.306 e. The third-order valence-corrected chi connectivity index (χ3v) is 8.20. The third-order valence-electron chi connectivity index (χ3n) is 8.20. The van der Waals surface area contributed by atoms with E-state index in [0.717, 1.165) is 37.5 Å². The SMILES string of the molecule is CCCCCCCC1CCC(C2(c3ccc(C)cc3)CCC(C(=O)O)CC2)CC1. The number of benzene rings is 1. The smallest absolute Gasteiger partial charge is 0.306 e. The Kier molecular flexibility index (Phi) is 8.21. The molecule has 0 saturated heterocycles. The maximum absolute atomic E-state index is 11.5. The quantitative estimate of drug-likeness (QED) is 0.433. The van der Waals surface area contributed by atoms with Gasteiger partial charge in [0.05, 0.1) is 5.92 Å². The van der Waals surface area contributed by atoms with Crippen molar-refractivity contribution in [1.82, 2.24) is 0 Å². The van der Waals surface area contributed by atoms with E-state index in [4.69, 9.17) is 0 Å². The molecule has 1 aromatic rings. The Hall–Kier alpha value is -1.31. The Bertz CT molecular complexity index is 616. The molecular formula is C27H42O2. The summed E-state index contributed by atoms with van der Waals surface area (Å²) in [5.74, 6) is 0.942. The largest absolute Gasteiger partial charge is 0.481 e. The zero-order valence-electron chi connectivity index (χ0n) is 18.8. The zero-order chi connectivity index (χ0) is 20.7. The Morgan fingerprint density at radius 1 is 0.931 bits per heavy atom. The molecule has 1 aromatic carbocycles. The molecule has 0 spiro atoms. The lowest BCUT2D eigenvalue weighted by atomic mass is 9.56. The maximum atomic E-state index is 11.5. The van der Waals surface area contributed by atoms with E-state index in [2.05, 4.69) is 38.1 Å². The first-order valence-corrected chi connectivity index (χ1v) is 12.3. The van der Waals surface area contributed by atoms with Crippen molar-refractivity contribution in [3.63, 3.8) is 0 Å². The van der Waals surface area contributed by atoms with Gasteiger partial charge in [0.1, 0.15) is 0 Å². The molecule has 162 valence electrons. The van der Waals surface area contributed by atoms with E-state index < -0.39 is 5.97 Å². The van der Waals surface area contributed by atoms with Crippen LogP contribution in [-0.4, -0.2) is 11.1 Å². The van der Waals surface area contributed by atoms with Crippen molar-refractivity contribution in [3.05, 3.63) is 35.4 Å². The van der Waals surface area contributed by atoms with Crippen molar-refractivity contribution in [2.75, 3.05) is 0 Å². The van der Waals surface area contributed by atoms with Crippen molar-refractivity contribution in [2.24, 2.45) is 17.8 Å². The molecule has 0 unspecified atom stereocenters. The van der Waals surface area contributed by atoms with Crippen LogP contribution in [0.2, 0.25) is 0 Å². The van der Waals surface area contributed by atoms with Crippen LogP contribution in [0.4, 0.5) is 0 Å². The first-order valence-electron chi connectivity index (χ1n) is 12.3. The van der Waals surface area contributed by atoms with Gasteiger partial charge < -0.3 is 5.11 Å². The summed E-state index contributed by atoms with van der Waals surface area (Å²) in [6, 6.07) is 9.19. The average molecular weight is 399 g/mol. The summed E-state index contributed by atoms with van der Waals surface area (Å²) < 4.78 is 0. The Morgan fingerprint density at radius 2 is 1.55 bits per heavy atom. The van der Waals surface area contributed by atoms with Gasteiger partial charge in [0.25, 0.3) is 0 Å². The van der Waals surface area contributed by atoms with Gasteiger partial charge in [0, 0.05) is 0 Å². The van der Waals surface area contributed by atoms with Crippen LogP contribution in [0, 0.1) is 24.7 Å². The first kappa shape index (κ1) is 22.4. The van der Waals surface area contributed by atoms with E-state index in [1.54, 1.807) is 0 Å². The van der Waals surface area contributed by atoms with Crippen molar-refractivity contribution in [1.29, 1.82) is 0 Å². The van der Waals surface area contributed by atoms with Gasteiger partial charge >= 0.3 is 5.97 Å². The minimum absolute atomic E-state index is 0.131. The van der Waals surface area contributed by atoms with Gasteiger partial charge in [-0.25, -0.2) is 0 Å². The standard InChI is InChI=1S/C27H42O2/c1-3-4-5-6-7-8-22-11-15-25(16-12-22)27(24-13-9-21(2)10-14-24)19-17-23(18-20-27)26(28)29/h9-10,13-14,22-23,25H,3-8,11-12,15-20H2,1-2H3,(H,28,29). The van der Waals surface area contributed by atoms with E-state index in [9.17, 15) is 9.90 Å². The molecule has 2 saturated carbocycles. The highest BCUT2D eigenvalue weighted by molar-refractivity contribution is 5.70. The first-order chi connectivity index (χ1) is 14.0. The van der Waals surface area contributed by atoms with Gasteiger partial charge in [-0.05, 0) is 68.3 Å². The summed E-state index contributed by atoms with van der Waals surface area (Å²) in [6.45, 7) is 4.44. The third kappa shape index (κ3) is 5.64. The summed E-state index contributed by atoms with van der Waals surface area (Å²) in [7, 11) is 0.